The van der Waals surface area contributed by atoms with E-state index in [4.69, 9.17) is 0 Å². The lowest BCUT2D eigenvalue weighted by Gasteiger charge is -2.27. The van der Waals surface area contributed by atoms with Crippen molar-refractivity contribution in [3.63, 3.8) is 0 Å². The van der Waals surface area contributed by atoms with E-state index in [0.29, 0.717) is 0 Å². The molecule has 0 spiro atoms. The molecule has 22 heavy (non-hydrogen) atoms. The smallest absolute Gasteiger partial charge is 0.322 e. The SMILES string of the molecule is COC(=O)C1CC(S(=O)(=O)N2c3ccccc3CC2C)CN1. The quantitative estimate of drug-likeness (QED) is 0.827. The average molecular weight is 324 g/mol. The number of hydrogen-bond donors (Lipinski definition) is 1. The third-order valence-corrected chi connectivity index (χ3v) is 6.72. The third-order valence-electron chi connectivity index (χ3n) is 4.42. The molecule has 0 aromatic heterocycles. The number of sulfonamides is 1. The van der Waals surface area contributed by atoms with E-state index < -0.39 is 27.3 Å². The minimum atomic E-state index is -3.51. The Labute approximate surface area is 130 Å². The minimum Gasteiger partial charge on any atom is -0.468 e. The summed E-state index contributed by atoms with van der Waals surface area (Å²) in [6, 6.07) is 6.94. The van der Waals surface area contributed by atoms with Crippen molar-refractivity contribution >= 4 is 21.7 Å². The lowest BCUT2D eigenvalue weighted by atomic mass is 10.1. The van der Waals surface area contributed by atoms with Crippen LogP contribution in [0.1, 0.15) is 18.9 Å². The van der Waals surface area contributed by atoms with Crippen molar-refractivity contribution in [2.45, 2.75) is 37.1 Å². The summed E-state index contributed by atoms with van der Waals surface area (Å²) >= 11 is 0. The number of nitrogens with zero attached hydrogens (tertiary/aromatic N) is 1. The van der Waals surface area contributed by atoms with Crippen LogP contribution in [0.3, 0.4) is 0 Å². The molecule has 2 heterocycles. The Hall–Kier alpha value is -1.60. The minimum absolute atomic E-state index is 0.0976. The zero-order chi connectivity index (χ0) is 15.9. The van der Waals surface area contributed by atoms with Crippen LogP contribution in [0, 0.1) is 0 Å². The summed E-state index contributed by atoms with van der Waals surface area (Å²) in [4.78, 5) is 11.6. The number of rotatable bonds is 3. The van der Waals surface area contributed by atoms with Gasteiger partial charge in [-0.2, -0.15) is 0 Å². The van der Waals surface area contributed by atoms with Crippen molar-refractivity contribution in [3.8, 4) is 0 Å². The molecule has 2 aliphatic heterocycles. The fraction of sp³-hybridized carbons (Fsp3) is 0.533. The fourth-order valence-electron chi connectivity index (χ4n) is 3.34. The van der Waals surface area contributed by atoms with Crippen LogP contribution in [-0.2, 0) is 26.0 Å². The summed E-state index contributed by atoms with van der Waals surface area (Å²) in [6.07, 6.45) is 0.969. The fourth-order valence-corrected chi connectivity index (χ4v) is 5.43. The van der Waals surface area contributed by atoms with Crippen molar-refractivity contribution < 1.29 is 17.9 Å². The van der Waals surface area contributed by atoms with Gasteiger partial charge in [-0.15, -0.1) is 0 Å². The monoisotopic (exact) mass is 324 g/mol. The van der Waals surface area contributed by atoms with E-state index in [9.17, 15) is 13.2 Å². The second kappa shape index (κ2) is 5.55. The summed E-state index contributed by atoms with van der Waals surface area (Å²) < 4.78 is 32.2. The Balaban J connectivity index is 1.87. The maximum Gasteiger partial charge on any atom is 0.322 e. The zero-order valence-electron chi connectivity index (χ0n) is 12.7. The molecule has 1 aromatic rings. The van der Waals surface area contributed by atoms with E-state index in [1.54, 1.807) is 0 Å². The summed E-state index contributed by atoms with van der Waals surface area (Å²) in [5.74, 6) is -0.410. The number of nitrogens with one attached hydrogen (secondary N) is 1. The van der Waals surface area contributed by atoms with Crippen LogP contribution >= 0.6 is 0 Å². The van der Waals surface area contributed by atoms with E-state index in [0.717, 1.165) is 17.7 Å². The molecule has 1 aromatic carbocycles. The molecule has 1 saturated heterocycles. The van der Waals surface area contributed by atoms with Gasteiger partial charge < -0.3 is 10.1 Å². The highest BCUT2D eigenvalue weighted by molar-refractivity contribution is 7.93. The first kappa shape index (κ1) is 15.3. The first-order valence-corrected chi connectivity index (χ1v) is 8.88. The number of benzene rings is 1. The highest BCUT2D eigenvalue weighted by Gasteiger charge is 2.44. The number of methoxy groups -OCH3 is 1. The standard InChI is InChI=1S/C15H20N2O4S/c1-10-7-11-5-3-4-6-14(11)17(10)22(19,20)12-8-13(16-9-12)15(18)21-2/h3-6,10,12-13,16H,7-9H2,1-2H3. The molecule has 120 valence electrons. The molecule has 0 radical (unpaired) electrons. The van der Waals surface area contributed by atoms with Crippen molar-refractivity contribution in [2.24, 2.45) is 0 Å². The molecule has 1 fully saturated rings. The van der Waals surface area contributed by atoms with Gasteiger partial charge in [0.2, 0.25) is 10.0 Å². The Morgan fingerprint density at radius 3 is 2.82 bits per heavy atom. The number of ether oxygens (including phenoxy) is 1. The molecule has 6 nitrogen and oxygen atoms in total. The van der Waals surface area contributed by atoms with Gasteiger partial charge >= 0.3 is 5.97 Å². The molecule has 0 amide bonds. The summed E-state index contributed by atoms with van der Waals surface area (Å²) in [5.41, 5.74) is 1.81. The summed E-state index contributed by atoms with van der Waals surface area (Å²) in [6.45, 7) is 2.19. The van der Waals surface area contributed by atoms with E-state index in [-0.39, 0.29) is 19.0 Å². The molecule has 3 unspecified atom stereocenters. The number of carbonyl (C=O) groups is 1. The van der Waals surface area contributed by atoms with Crippen molar-refractivity contribution in [1.82, 2.24) is 5.32 Å². The van der Waals surface area contributed by atoms with E-state index in [1.165, 1.54) is 11.4 Å². The van der Waals surface area contributed by atoms with Crippen LogP contribution in [0.4, 0.5) is 5.69 Å². The van der Waals surface area contributed by atoms with Crippen molar-refractivity contribution in [2.75, 3.05) is 18.0 Å². The predicted molar refractivity (Wildman–Crippen MR) is 83.2 cm³/mol. The van der Waals surface area contributed by atoms with Crippen LogP contribution in [0.5, 0.6) is 0 Å². The number of esters is 1. The average Bonchev–Trinajstić information content (AvgIpc) is 3.10. The van der Waals surface area contributed by atoms with Gasteiger partial charge in [0.25, 0.3) is 0 Å². The highest BCUT2D eigenvalue weighted by atomic mass is 32.2. The molecule has 7 heteroatoms. The summed E-state index contributed by atoms with van der Waals surface area (Å²) in [7, 11) is -2.20. The zero-order valence-corrected chi connectivity index (χ0v) is 13.5. The number of fused-ring (bicyclic) bond motifs is 1. The Morgan fingerprint density at radius 1 is 1.36 bits per heavy atom. The Morgan fingerprint density at radius 2 is 2.09 bits per heavy atom. The second-order valence-electron chi connectivity index (χ2n) is 5.86. The molecule has 0 saturated carbocycles. The molecule has 1 N–H and O–H groups in total. The third kappa shape index (κ3) is 2.38. The van der Waals surface area contributed by atoms with Crippen LogP contribution in [0.25, 0.3) is 0 Å². The molecule has 3 rings (SSSR count). The number of hydrogen-bond acceptors (Lipinski definition) is 5. The van der Waals surface area contributed by atoms with E-state index in [1.807, 2.05) is 31.2 Å². The Bertz CT molecular complexity index is 689. The Kier molecular flexibility index (Phi) is 3.86. The molecular formula is C15H20N2O4S. The molecule has 2 aliphatic rings. The molecular weight excluding hydrogens is 304 g/mol. The molecule has 0 aliphatic carbocycles. The van der Waals surface area contributed by atoms with Crippen molar-refractivity contribution in [1.29, 1.82) is 0 Å². The number of anilines is 1. The van der Waals surface area contributed by atoms with Gasteiger partial charge in [-0.05, 0) is 31.4 Å². The first-order valence-electron chi connectivity index (χ1n) is 7.37. The second-order valence-corrected chi connectivity index (χ2v) is 7.95. The summed E-state index contributed by atoms with van der Waals surface area (Å²) in [5, 5.41) is 2.34. The molecule has 3 atom stereocenters. The van der Waals surface area contributed by atoms with Gasteiger partial charge in [-0.25, -0.2) is 8.42 Å². The highest BCUT2D eigenvalue weighted by Crippen LogP contribution is 2.36. The normalized spacial score (nSPS) is 27.7. The predicted octanol–water partition coefficient (Wildman–Crippen LogP) is 0.671. The maximum absolute atomic E-state index is 13.0. The maximum atomic E-state index is 13.0. The van der Waals surface area contributed by atoms with Crippen LogP contribution < -0.4 is 9.62 Å². The van der Waals surface area contributed by atoms with Crippen LogP contribution in [0.15, 0.2) is 24.3 Å². The van der Waals surface area contributed by atoms with Gasteiger partial charge in [0.15, 0.2) is 0 Å². The van der Waals surface area contributed by atoms with E-state index >= 15 is 0 Å². The van der Waals surface area contributed by atoms with Crippen molar-refractivity contribution in [3.05, 3.63) is 29.8 Å². The van der Waals surface area contributed by atoms with E-state index in [2.05, 4.69) is 10.1 Å². The van der Waals surface area contributed by atoms with Gasteiger partial charge in [0.1, 0.15) is 6.04 Å². The topological polar surface area (TPSA) is 75.7 Å². The van der Waals surface area contributed by atoms with Gasteiger partial charge in [-0.1, -0.05) is 18.2 Å². The van der Waals surface area contributed by atoms with Crippen LogP contribution in [-0.4, -0.2) is 45.4 Å². The van der Waals surface area contributed by atoms with Gasteiger partial charge in [0, 0.05) is 12.6 Å². The number of carbonyl (C=O) groups excluding carboxylic acids is 1. The molecule has 0 bridgehead atoms. The lowest BCUT2D eigenvalue weighted by Crippen LogP contribution is -2.43. The first-order chi connectivity index (χ1) is 10.4. The lowest BCUT2D eigenvalue weighted by molar-refractivity contribution is -0.142. The van der Waals surface area contributed by atoms with Gasteiger partial charge in [0.05, 0.1) is 18.0 Å². The van der Waals surface area contributed by atoms with Crippen LogP contribution in [0.2, 0.25) is 0 Å². The number of para-hydroxylation sites is 1. The largest absolute Gasteiger partial charge is 0.468 e. The van der Waals surface area contributed by atoms with Gasteiger partial charge in [-0.3, -0.25) is 9.10 Å².